The van der Waals surface area contributed by atoms with Gasteiger partial charge in [0, 0.05) is 18.5 Å². The average molecular weight is 292 g/mol. The zero-order chi connectivity index (χ0) is 14.4. The van der Waals surface area contributed by atoms with Crippen LogP contribution in [0.3, 0.4) is 0 Å². The van der Waals surface area contributed by atoms with Crippen molar-refractivity contribution in [3.8, 4) is 0 Å². The zero-order valence-electron chi connectivity index (χ0n) is 12.1. The van der Waals surface area contributed by atoms with Gasteiger partial charge in [0.2, 0.25) is 0 Å². The Balaban J connectivity index is 1.67. The van der Waals surface area contributed by atoms with Gasteiger partial charge in [-0.3, -0.25) is 0 Å². The Morgan fingerprint density at radius 2 is 1.80 bits per heavy atom. The second kappa shape index (κ2) is 7.64. The van der Waals surface area contributed by atoms with Crippen LogP contribution in [0.2, 0.25) is 0 Å². The standard InChI is InChI=1S/C15H27F3N2/c16-15(17,18)9-3-4-10-19-13-7-2-1-6-12(13)14-8-5-11-20-14/h12-14,19-20H,1-11H2. The predicted molar refractivity (Wildman–Crippen MR) is 74.7 cm³/mol. The molecule has 2 N–H and O–H groups in total. The fourth-order valence-corrected chi connectivity index (χ4v) is 3.71. The molecule has 0 bridgehead atoms. The van der Waals surface area contributed by atoms with E-state index in [2.05, 4.69) is 10.6 Å². The Bertz CT molecular complexity index is 275. The minimum Gasteiger partial charge on any atom is -0.314 e. The predicted octanol–water partition coefficient (Wildman–Crippen LogP) is 3.62. The molecule has 20 heavy (non-hydrogen) atoms. The van der Waals surface area contributed by atoms with E-state index >= 15 is 0 Å². The summed E-state index contributed by atoms with van der Waals surface area (Å²) in [7, 11) is 0. The fraction of sp³-hybridized carbons (Fsp3) is 1.00. The second-order valence-electron chi connectivity index (χ2n) is 6.28. The molecule has 1 saturated heterocycles. The third-order valence-corrected chi connectivity index (χ3v) is 4.73. The van der Waals surface area contributed by atoms with Gasteiger partial charge < -0.3 is 10.6 Å². The highest BCUT2D eigenvalue weighted by Gasteiger charge is 2.32. The molecule has 2 rings (SSSR count). The van der Waals surface area contributed by atoms with Crippen LogP contribution in [-0.2, 0) is 0 Å². The molecule has 5 heteroatoms. The topological polar surface area (TPSA) is 24.1 Å². The molecule has 0 aromatic rings. The SMILES string of the molecule is FC(F)(F)CCCCNC1CCCCC1C1CCCN1. The Morgan fingerprint density at radius 1 is 1.00 bits per heavy atom. The Labute approximate surface area is 119 Å². The van der Waals surface area contributed by atoms with Gasteiger partial charge in [0.05, 0.1) is 0 Å². The minimum absolute atomic E-state index is 0.246. The smallest absolute Gasteiger partial charge is 0.314 e. The number of rotatable bonds is 6. The van der Waals surface area contributed by atoms with E-state index in [1.165, 1.54) is 38.5 Å². The molecule has 2 aliphatic rings. The van der Waals surface area contributed by atoms with E-state index < -0.39 is 12.6 Å². The highest BCUT2D eigenvalue weighted by atomic mass is 19.4. The average Bonchev–Trinajstić information content (AvgIpc) is 2.91. The summed E-state index contributed by atoms with van der Waals surface area (Å²) in [5.41, 5.74) is 0. The number of unbranched alkanes of at least 4 members (excludes halogenated alkanes) is 1. The molecule has 0 aromatic carbocycles. The molecule has 3 atom stereocenters. The second-order valence-corrected chi connectivity index (χ2v) is 6.28. The maximum atomic E-state index is 12.1. The van der Waals surface area contributed by atoms with Crippen molar-refractivity contribution in [2.45, 2.75) is 76.0 Å². The lowest BCUT2D eigenvalue weighted by atomic mass is 9.79. The van der Waals surface area contributed by atoms with Crippen LogP contribution >= 0.6 is 0 Å². The third kappa shape index (κ3) is 5.24. The lowest BCUT2D eigenvalue weighted by Gasteiger charge is -2.36. The van der Waals surface area contributed by atoms with E-state index in [1.54, 1.807) is 0 Å². The molecule has 3 unspecified atom stereocenters. The molecule has 1 aliphatic heterocycles. The van der Waals surface area contributed by atoms with Crippen LogP contribution in [0.4, 0.5) is 13.2 Å². The largest absolute Gasteiger partial charge is 0.389 e. The van der Waals surface area contributed by atoms with Crippen molar-refractivity contribution in [1.29, 1.82) is 0 Å². The molecule has 0 spiro atoms. The summed E-state index contributed by atoms with van der Waals surface area (Å²) in [6.45, 7) is 1.85. The summed E-state index contributed by atoms with van der Waals surface area (Å²) >= 11 is 0. The van der Waals surface area contributed by atoms with Crippen LogP contribution in [0.25, 0.3) is 0 Å². The van der Waals surface area contributed by atoms with Crippen molar-refractivity contribution in [1.82, 2.24) is 10.6 Å². The van der Waals surface area contributed by atoms with Crippen LogP contribution in [0.1, 0.15) is 57.8 Å². The van der Waals surface area contributed by atoms with E-state index in [0.717, 1.165) is 13.1 Å². The number of hydrogen-bond donors (Lipinski definition) is 2. The summed E-state index contributed by atoms with van der Waals surface area (Å²) in [5.74, 6) is 0.675. The molecule has 0 aromatic heterocycles. The molecular weight excluding hydrogens is 265 g/mol. The van der Waals surface area contributed by atoms with Gasteiger partial charge in [-0.2, -0.15) is 13.2 Å². The highest BCUT2D eigenvalue weighted by Crippen LogP contribution is 2.30. The van der Waals surface area contributed by atoms with Crippen molar-refractivity contribution >= 4 is 0 Å². The number of alkyl halides is 3. The van der Waals surface area contributed by atoms with Gasteiger partial charge in [-0.25, -0.2) is 0 Å². The first-order valence-corrected chi connectivity index (χ1v) is 8.10. The number of hydrogen-bond acceptors (Lipinski definition) is 2. The Hall–Kier alpha value is -0.290. The summed E-state index contributed by atoms with van der Waals surface area (Å²) in [6.07, 6.45) is 3.75. The van der Waals surface area contributed by atoms with Crippen LogP contribution < -0.4 is 10.6 Å². The van der Waals surface area contributed by atoms with Gasteiger partial charge in [-0.05, 0) is 57.5 Å². The zero-order valence-corrected chi connectivity index (χ0v) is 12.1. The van der Waals surface area contributed by atoms with Gasteiger partial charge in [0.15, 0.2) is 0 Å². The fourth-order valence-electron chi connectivity index (χ4n) is 3.71. The molecule has 1 saturated carbocycles. The summed E-state index contributed by atoms with van der Waals surface area (Å²) < 4.78 is 36.2. The van der Waals surface area contributed by atoms with Crippen LogP contribution in [-0.4, -0.2) is 31.3 Å². The Kier molecular flexibility index (Phi) is 6.15. The summed E-state index contributed by atoms with van der Waals surface area (Å²) in [6, 6.07) is 1.13. The quantitative estimate of drug-likeness (QED) is 0.731. The van der Waals surface area contributed by atoms with Crippen molar-refractivity contribution in [2.75, 3.05) is 13.1 Å². The van der Waals surface area contributed by atoms with E-state index in [1.807, 2.05) is 0 Å². The van der Waals surface area contributed by atoms with Gasteiger partial charge in [0.25, 0.3) is 0 Å². The van der Waals surface area contributed by atoms with Crippen molar-refractivity contribution in [3.05, 3.63) is 0 Å². The van der Waals surface area contributed by atoms with Crippen molar-refractivity contribution in [3.63, 3.8) is 0 Å². The van der Waals surface area contributed by atoms with Gasteiger partial charge >= 0.3 is 6.18 Å². The summed E-state index contributed by atoms with van der Waals surface area (Å²) in [5, 5.41) is 7.12. The first kappa shape index (κ1) is 16.1. The van der Waals surface area contributed by atoms with Crippen LogP contribution in [0.5, 0.6) is 0 Å². The third-order valence-electron chi connectivity index (χ3n) is 4.73. The minimum atomic E-state index is -4.00. The highest BCUT2D eigenvalue weighted by molar-refractivity contribution is 4.91. The van der Waals surface area contributed by atoms with E-state index in [9.17, 15) is 13.2 Å². The van der Waals surface area contributed by atoms with Gasteiger partial charge in [-0.15, -0.1) is 0 Å². The number of halogens is 3. The van der Waals surface area contributed by atoms with Crippen molar-refractivity contribution in [2.24, 2.45) is 5.92 Å². The molecule has 0 radical (unpaired) electrons. The van der Waals surface area contributed by atoms with Crippen LogP contribution in [0.15, 0.2) is 0 Å². The van der Waals surface area contributed by atoms with Gasteiger partial charge in [-0.1, -0.05) is 12.8 Å². The molecule has 2 fully saturated rings. The van der Waals surface area contributed by atoms with Crippen LogP contribution in [0, 0.1) is 5.92 Å². The molecule has 1 heterocycles. The molecule has 0 amide bonds. The van der Waals surface area contributed by atoms with Crippen molar-refractivity contribution < 1.29 is 13.2 Å². The first-order valence-electron chi connectivity index (χ1n) is 8.10. The lowest BCUT2D eigenvalue weighted by molar-refractivity contribution is -0.135. The first-order chi connectivity index (χ1) is 9.56. The van der Waals surface area contributed by atoms with E-state index in [4.69, 9.17) is 0 Å². The van der Waals surface area contributed by atoms with E-state index in [0.29, 0.717) is 24.4 Å². The Morgan fingerprint density at radius 3 is 2.50 bits per heavy atom. The number of nitrogens with one attached hydrogen (secondary N) is 2. The lowest BCUT2D eigenvalue weighted by Crippen LogP contribution is -2.47. The maximum absolute atomic E-state index is 12.1. The molecule has 118 valence electrons. The van der Waals surface area contributed by atoms with E-state index in [-0.39, 0.29) is 6.42 Å². The summed E-state index contributed by atoms with van der Waals surface area (Å²) in [4.78, 5) is 0. The molecule has 2 nitrogen and oxygen atoms in total. The van der Waals surface area contributed by atoms with Gasteiger partial charge in [0.1, 0.15) is 0 Å². The monoisotopic (exact) mass is 292 g/mol. The normalized spacial score (nSPS) is 31.6. The molecule has 1 aliphatic carbocycles. The molecular formula is C15H27F3N2. The maximum Gasteiger partial charge on any atom is 0.389 e.